The van der Waals surface area contributed by atoms with E-state index >= 15 is 0 Å². The number of furan rings is 1. The fourth-order valence-corrected chi connectivity index (χ4v) is 2.24. The van der Waals surface area contributed by atoms with Crippen LogP contribution in [0, 0.1) is 6.92 Å². The quantitative estimate of drug-likeness (QED) is 0.556. The molecule has 0 radical (unpaired) electrons. The van der Waals surface area contributed by atoms with Crippen LogP contribution in [-0.4, -0.2) is 4.98 Å². The number of hydrazine groups is 1. The van der Waals surface area contributed by atoms with Gasteiger partial charge in [-0.15, -0.1) is 0 Å². The second-order valence-corrected chi connectivity index (χ2v) is 4.49. The van der Waals surface area contributed by atoms with E-state index in [2.05, 4.69) is 10.4 Å². The number of para-hydroxylation sites is 1. The zero-order valence-corrected chi connectivity index (χ0v) is 10.6. The van der Waals surface area contributed by atoms with Crippen molar-refractivity contribution in [2.45, 2.75) is 13.0 Å². The Morgan fingerprint density at radius 2 is 2.05 bits per heavy atom. The average Bonchev–Trinajstić information content (AvgIpc) is 2.85. The Kier molecular flexibility index (Phi) is 3.03. The van der Waals surface area contributed by atoms with Crippen LogP contribution >= 0.6 is 0 Å². The second-order valence-electron chi connectivity index (χ2n) is 4.49. The van der Waals surface area contributed by atoms with Crippen molar-refractivity contribution in [2.24, 2.45) is 5.84 Å². The van der Waals surface area contributed by atoms with Gasteiger partial charge in [-0.25, -0.2) is 5.43 Å². The lowest BCUT2D eigenvalue weighted by atomic mass is 10.1. The molecule has 1 atom stereocenters. The first-order valence-electron chi connectivity index (χ1n) is 6.15. The molecule has 1 aromatic carbocycles. The molecule has 1 unspecified atom stereocenters. The molecule has 2 heterocycles. The highest BCUT2D eigenvalue weighted by molar-refractivity contribution is 5.77. The maximum atomic E-state index is 5.85. The molecule has 3 rings (SSSR count). The molecule has 4 heteroatoms. The summed E-state index contributed by atoms with van der Waals surface area (Å²) in [5, 5.41) is 1.06. The van der Waals surface area contributed by atoms with Gasteiger partial charge in [-0.2, -0.15) is 0 Å². The van der Waals surface area contributed by atoms with Crippen LogP contribution in [0.3, 0.4) is 0 Å². The first-order valence-corrected chi connectivity index (χ1v) is 6.15. The van der Waals surface area contributed by atoms with Gasteiger partial charge in [0.05, 0.1) is 5.69 Å². The fraction of sp³-hybridized carbons (Fsp3) is 0.133. The smallest absolute Gasteiger partial charge is 0.134 e. The highest BCUT2D eigenvalue weighted by Crippen LogP contribution is 2.28. The molecule has 0 aliphatic heterocycles. The van der Waals surface area contributed by atoms with Crippen LogP contribution in [0.5, 0.6) is 0 Å². The van der Waals surface area contributed by atoms with Crippen molar-refractivity contribution in [1.82, 2.24) is 10.4 Å². The molecule has 0 saturated carbocycles. The fourth-order valence-electron chi connectivity index (χ4n) is 2.24. The Morgan fingerprint density at radius 3 is 2.79 bits per heavy atom. The number of nitrogens with zero attached hydrogens (tertiary/aromatic N) is 1. The second kappa shape index (κ2) is 4.84. The molecular weight excluding hydrogens is 238 g/mol. The summed E-state index contributed by atoms with van der Waals surface area (Å²) in [6.45, 7) is 2.01. The number of benzene rings is 1. The van der Waals surface area contributed by atoms with Crippen LogP contribution < -0.4 is 11.3 Å². The van der Waals surface area contributed by atoms with Gasteiger partial charge in [-0.3, -0.25) is 10.8 Å². The van der Waals surface area contributed by atoms with Crippen LogP contribution in [0.2, 0.25) is 0 Å². The molecule has 2 aromatic heterocycles. The van der Waals surface area contributed by atoms with Crippen molar-refractivity contribution in [2.75, 3.05) is 0 Å². The van der Waals surface area contributed by atoms with Gasteiger partial charge in [-0.1, -0.05) is 24.3 Å². The number of aryl methyl sites for hydroxylation is 1. The molecule has 0 bridgehead atoms. The number of aromatic nitrogens is 1. The zero-order valence-electron chi connectivity index (χ0n) is 10.6. The van der Waals surface area contributed by atoms with Crippen LogP contribution in [0.25, 0.3) is 11.0 Å². The van der Waals surface area contributed by atoms with Gasteiger partial charge in [-0.05, 0) is 30.7 Å². The molecule has 0 aliphatic rings. The maximum absolute atomic E-state index is 5.85. The maximum Gasteiger partial charge on any atom is 0.134 e. The van der Waals surface area contributed by atoms with Gasteiger partial charge in [0.1, 0.15) is 17.4 Å². The molecule has 4 nitrogen and oxygen atoms in total. The minimum Gasteiger partial charge on any atom is -0.459 e. The summed E-state index contributed by atoms with van der Waals surface area (Å²) in [5.74, 6) is 6.45. The number of nitrogens with two attached hydrogens (primary N) is 1. The summed E-state index contributed by atoms with van der Waals surface area (Å²) in [5.41, 5.74) is 5.59. The molecule has 0 amide bonds. The summed E-state index contributed by atoms with van der Waals surface area (Å²) >= 11 is 0. The topological polar surface area (TPSA) is 64.1 Å². The Morgan fingerprint density at radius 1 is 1.21 bits per heavy atom. The van der Waals surface area contributed by atoms with Gasteiger partial charge >= 0.3 is 0 Å². The SMILES string of the molecule is Cc1cccnc1C(NN)c1cc2ccccc2o1. The van der Waals surface area contributed by atoms with Crippen molar-refractivity contribution in [1.29, 1.82) is 0 Å². The van der Waals surface area contributed by atoms with Crippen LogP contribution in [-0.2, 0) is 0 Å². The van der Waals surface area contributed by atoms with E-state index in [9.17, 15) is 0 Å². The van der Waals surface area contributed by atoms with Crippen LogP contribution in [0.4, 0.5) is 0 Å². The first-order chi connectivity index (χ1) is 9.29. The third-order valence-electron chi connectivity index (χ3n) is 3.22. The lowest BCUT2D eigenvalue weighted by Crippen LogP contribution is -2.29. The third-order valence-corrected chi connectivity index (χ3v) is 3.22. The number of fused-ring (bicyclic) bond motifs is 1. The van der Waals surface area contributed by atoms with E-state index in [0.717, 1.165) is 28.0 Å². The summed E-state index contributed by atoms with van der Waals surface area (Å²) in [4.78, 5) is 4.39. The minimum absolute atomic E-state index is 0.242. The van der Waals surface area contributed by atoms with Crippen molar-refractivity contribution >= 4 is 11.0 Å². The number of hydrogen-bond donors (Lipinski definition) is 2. The number of nitrogens with one attached hydrogen (secondary N) is 1. The number of hydrogen-bond acceptors (Lipinski definition) is 4. The molecule has 0 aliphatic carbocycles. The van der Waals surface area contributed by atoms with E-state index in [4.69, 9.17) is 10.3 Å². The minimum atomic E-state index is -0.242. The predicted molar refractivity (Wildman–Crippen MR) is 74.4 cm³/mol. The predicted octanol–water partition coefficient (Wildman–Crippen LogP) is 2.69. The third kappa shape index (κ3) is 2.12. The van der Waals surface area contributed by atoms with Crippen molar-refractivity contribution in [3.05, 3.63) is 65.7 Å². The Balaban J connectivity index is 2.09. The molecule has 0 spiro atoms. The highest BCUT2D eigenvalue weighted by Gasteiger charge is 2.19. The van der Waals surface area contributed by atoms with Gasteiger partial charge < -0.3 is 4.42 Å². The van der Waals surface area contributed by atoms with Crippen molar-refractivity contribution in [3.63, 3.8) is 0 Å². The molecule has 19 heavy (non-hydrogen) atoms. The molecule has 3 N–H and O–H groups in total. The lowest BCUT2D eigenvalue weighted by molar-refractivity contribution is 0.470. The zero-order chi connectivity index (χ0) is 13.2. The van der Waals surface area contributed by atoms with Crippen LogP contribution in [0.1, 0.15) is 23.1 Å². The molecule has 0 saturated heterocycles. The summed E-state index contributed by atoms with van der Waals surface area (Å²) in [6, 6.07) is 13.6. The molecular formula is C15H15N3O. The van der Waals surface area contributed by atoms with E-state index in [1.54, 1.807) is 6.20 Å². The molecule has 3 aromatic rings. The van der Waals surface area contributed by atoms with E-state index in [-0.39, 0.29) is 6.04 Å². The van der Waals surface area contributed by atoms with Gasteiger partial charge in [0.25, 0.3) is 0 Å². The van der Waals surface area contributed by atoms with E-state index in [1.807, 2.05) is 49.4 Å². The Labute approximate surface area is 111 Å². The van der Waals surface area contributed by atoms with E-state index < -0.39 is 0 Å². The van der Waals surface area contributed by atoms with Crippen molar-refractivity contribution < 1.29 is 4.42 Å². The Bertz CT molecular complexity index is 672. The lowest BCUT2D eigenvalue weighted by Gasteiger charge is -2.14. The summed E-state index contributed by atoms with van der Waals surface area (Å²) < 4.78 is 5.85. The van der Waals surface area contributed by atoms with E-state index in [1.165, 1.54) is 0 Å². The van der Waals surface area contributed by atoms with Gasteiger partial charge in [0.15, 0.2) is 0 Å². The van der Waals surface area contributed by atoms with Gasteiger partial charge in [0, 0.05) is 11.6 Å². The van der Waals surface area contributed by atoms with Gasteiger partial charge in [0.2, 0.25) is 0 Å². The Hall–Kier alpha value is -2.17. The summed E-state index contributed by atoms with van der Waals surface area (Å²) in [7, 11) is 0. The monoisotopic (exact) mass is 253 g/mol. The summed E-state index contributed by atoms with van der Waals surface area (Å²) in [6.07, 6.45) is 1.76. The average molecular weight is 253 g/mol. The largest absolute Gasteiger partial charge is 0.459 e. The molecule has 0 fully saturated rings. The van der Waals surface area contributed by atoms with Crippen LogP contribution in [0.15, 0.2) is 53.1 Å². The van der Waals surface area contributed by atoms with Crippen molar-refractivity contribution in [3.8, 4) is 0 Å². The number of rotatable bonds is 3. The normalized spacial score (nSPS) is 12.7. The standard InChI is InChI=1S/C15H15N3O/c1-10-5-4-8-17-14(10)15(18-16)13-9-11-6-2-3-7-12(11)19-13/h2-9,15,18H,16H2,1H3. The number of pyridine rings is 1. The van der Waals surface area contributed by atoms with E-state index in [0.29, 0.717) is 0 Å². The highest BCUT2D eigenvalue weighted by atomic mass is 16.3. The molecule has 96 valence electrons. The first kappa shape index (κ1) is 11.9.